The van der Waals surface area contributed by atoms with Gasteiger partial charge < -0.3 is 9.84 Å². The number of carboxylic acid groups (broad SMARTS) is 1. The first-order chi connectivity index (χ1) is 6.60. The van der Waals surface area contributed by atoms with E-state index in [0.29, 0.717) is 12.8 Å². The monoisotopic (exact) mass is 236 g/mol. The van der Waals surface area contributed by atoms with Gasteiger partial charge in [-0.1, -0.05) is 19.3 Å². The van der Waals surface area contributed by atoms with E-state index in [4.69, 9.17) is 9.84 Å². The lowest BCUT2D eigenvalue weighted by atomic mass is 9.72. The molecule has 0 heterocycles. The molecule has 0 aromatic carbocycles. The number of carbonyl (C=O) groups is 2. The molecular weight excluding hydrogens is 220 g/mol. The predicted molar refractivity (Wildman–Crippen MR) is 57.0 cm³/mol. The lowest BCUT2D eigenvalue weighted by Gasteiger charge is -2.32. The maximum absolute atomic E-state index is 11.5. The first kappa shape index (κ1) is 14.2. The van der Waals surface area contributed by atoms with Crippen LogP contribution in [0.5, 0.6) is 0 Å². The molecule has 0 bridgehead atoms. The summed E-state index contributed by atoms with van der Waals surface area (Å²) in [4.78, 5) is 22.2. The van der Waals surface area contributed by atoms with Crippen molar-refractivity contribution in [1.82, 2.24) is 0 Å². The number of hydrogen-bond donors (Lipinski definition) is 1. The lowest BCUT2D eigenvalue weighted by molar-refractivity contribution is -0.160. The van der Waals surface area contributed by atoms with Gasteiger partial charge in [0.25, 0.3) is 0 Å². The predicted octanol–water partition coefficient (Wildman–Crippen LogP) is 2.01. The molecule has 0 amide bonds. The van der Waals surface area contributed by atoms with Crippen LogP contribution >= 0.6 is 12.4 Å². The van der Waals surface area contributed by atoms with Crippen molar-refractivity contribution < 1.29 is 19.4 Å². The number of rotatable bonds is 3. The van der Waals surface area contributed by atoms with Crippen LogP contribution in [0.2, 0.25) is 0 Å². The third-order valence-electron chi connectivity index (χ3n) is 2.92. The molecule has 1 aliphatic carbocycles. The molecule has 5 heteroatoms. The van der Waals surface area contributed by atoms with Crippen LogP contribution in [0.15, 0.2) is 0 Å². The highest BCUT2D eigenvalue weighted by atomic mass is 35.5. The summed E-state index contributed by atoms with van der Waals surface area (Å²) in [5.41, 5.74) is -0.751. The minimum absolute atomic E-state index is 0. The van der Waals surface area contributed by atoms with Crippen molar-refractivity contribution >= 4 is 24.3 Å². The fraction of sp³-hybridized carbons (Fsp3) is 0.800. The van der Waals surface area contributed by atoms with Gasteiger partial charge in [-0.25, -0.2) is 0 Å². The minimum Gasteiger partial charge on any atom is -0.481 e. The van der Waals surface area contributed by atoms with Gasteiger partial charge in [-0.15, -0.1) is 12.4 Å². The van der Waals surface area contributed by atoms with Crippen LogP contribution in [-0.2, 0) is 14.3 Å². The van der Waals surface area contributed by atoms with Crippen molar-refractivity contribution in [3.05, 3.63) is 0 Å². The summed E-state index contributed by atoms with van der Waals surface area (Å²) in [5.74, 6) is -1.28. The number of ether oxygens (including phenoxy) is 1. The Bertz CT molecular complexity index is 234. The van der Waals surface area contributed by atoms with Gasteiger partial charge in [0.15, 0.2) is 0 Å². The van der Waals surface area contributed by atoms with E-state index in [1.54, 1.807) is 0 Å². The van der Waals surface area contributed by atoms with Crippen molar-refractivity contribution in [1.29, 1.82) is 0 Å². The Labute approximate surface area is 95.4 Å². The minimum atomic E-state index is -0.919. The van der Waals surface area contributed by atoms with Gasteiger partial charge in [-0.05, 0) is 12.8 Å². The Hall–Kier alpha value is -0.770. The normalized spacial score (nSPS) is 18.7. The first-order valence-corrected chi connectivity index (χ1v) is 4.91. The van der Waals surface area contributed by atoms with Gasteiger partial charge in [-0.2, -0.15) is 0 Å². The SMILES string of the molecule is COC(=O)C1(CC(=O)O)CCCCC1.Cl. The summed E-state index contributed by atoms with van der Waals surface area (Å²) in [6.45, 7) is 0. The zero-order valence-corrected chi connectivity index (χ0v) is 9.64. The van der Waals surface area contributed by atoms with E-state index in [1.165, 1.54) is 7.11 Å². The molecule has 0 aliphatic heterocycles. The van der Waals surface area contributed by atoms with E-state index >= 15 is 0 Å². The molecule has 1 saturated carbocycles. The molecule has 15 heavy (non-hydrogen) atoms. The first-order valence-electron chi connectivity index (χ1n) is 4.91. The molecule has 0 atom stereocenters. The Morgan fingerprint density at radius 1 is 1.27 bits per heavy atom. The van der Waals surface area contributed by atoms with Gasteiger partial charge in [0.05, 0.1) is 18.9 Å². The third-order valence-corrected chi connectivity index (χ3v) is 2.92. The maximum atomic E-state index is 11.5. The molecule has 88 valence electrons. The average molecular weight is 237 g/mol. The van der Waals surface area contributed by atoms with Gasteiger partial charge in [-0.3, -0.25) is 9.59 Å². The van der Waals surface area contributed by atoms with Crippen LogP contribution in [0.25, 0.3) is 0 Å². The quantitative estimate of drug-likeness (QED) is 0.762. The number of halogens is 1. The Kier molecular flexibility index (Phi) is 5.65. The van der Waals surface area contributed by atoms with Crippen molar-refractivity contribution in [2.45, 2.75) is 38.5 Å². The average Bonchev–Trinajstić information content (AvgIpc) is 2.17. The van der Waals surface area contributed by atoms with E-state index < -0.39 is 11.4 Å². The standard InChI is InChI=1S/C10H16O4.ClH/c1-14-9(13)10(7-8(11)12)5-3-2-4-6-10;/h2-7H2,1H3,(H,11,12);1H. The molecule has 1 aliphatic rings. The summed E-state index contributed by atoms with van der Waals surface area (Å²) in [6, 6.07) is 0. The van der Waals surface area contributed by atoms with Crippen LogP contribution in [-0.4, -0.2) is 24.2 Å². The summed E-state index contributed by atoms with van der Waals surface area (Å²) < 4.78 is 4.69. The number of aliphatic carboxylic acids is 1. The molecule has 0 radical (unpaired) electrons. The summed E-state index contributed by atoms with van der Waals surface area (Å²) in [5, 5.41) is 8.77. The number of carbonyl (C=O) groups excluding carboxylic acids is 1. The van der Waals surface area contributed by atoms with Crippen LogP contribution in [0.1, 0.15) is 38.5 Å². The second-order valence-electron chi connectivity index (χ2n) is 3.90. The molecule has 4 nitrogen and oxygen atoms in total. The molecule has 0 spiro atoms. The Balaban J connectivity index is 0.00000196. The number of methoxy groups -OCH3 is 1. The van der Waals surface area contributed by atoms with Crippen LogP contribution in [0.4, 0.5) is 0 Å². The van der Waals surface area contributed by atoms with E-state index in [9.17, 15) is 9.59 Å². The highest BCUT2D eigenvalue weighted by Crippen LogP contribution is 2.40. The van der Waals surface area contributed by atoms with Crippen molar-refractivity contribution in [3.63, 3.8) is 0 Å². The van der Waals surface area contributed by atoms with E-state index in [0.717, 1.165) is 19.3 Å². The van der Waals surface area contributed by atoms with E-state index in [-0.39, 0.29) is 24.8 Å². The molecule has 0 saturated heterocycles. The van der Waals surface area contributed by atoms with Gasteiger partial charge >= 0.3 is 11.9 Å². The van der Waals surface area contributed by atoms with Gasteiger partial charge in [0.2, 0.25) is 0 Å². The van der Waals surface area contributed by atoms with E-state index in [2.05, 4.69) is 0 Å². The fourth-order valence-electron chi connectivity index (χ4n) is 2.19. The van der Waals surface area contributed by atoms with E-state index in [1.807, 2.05) is 0 Å². The molecule has 1 rings (SSSR count). The van der Waals surface area contributed by atoms with Crippen LogP contribution in [0.3, 0.4) is 0 Å². The van der Waals surface area contributed by atoms with Gasteiger partial charge in [0, 0.05) is 0 Å². The molecule has 0 aromatic heterocycles. The smallest absolute Gasteiger partial charge is 0.312 e. The van der Waals surface area contributed by atoms with Gasteiger partial charge in [0.1, 0.15) is 0 Å². The summed E-state index contributed by atoms with van der Waals surface area (Å²) in [7, 11) is 1.32. The highest BCUT2D eigenvalue weighted by molar-refractivity contribution is 5.85. The fourth-order valence-corrected chi connectivity index (χ4v) is 2.19. The second kappa shape index (κ2) is 5.95. The molecule has 0 unspecified atom stereocenters. The van der Waals surface area contributed by atoms with Crippen LogP contribution in [0, 0.1) is 5.41 Å². The number of hydrogen-bond acceptors (Lipinski definition) is 3. The Morgan fingerprint density at radius 2 is 1.80 bits per heavy atom. The van der Waals surface area contributed by atoms with Crippen molar-refractivity contribution in [2.75, 3.05) is 7.11 Å². The highest BCUT2D eigenvalue weighted by Gasteiger charge is 2.42. The third kappa shape index (κ3) is 3.38. The second-order valence-corrected chi connectivity index (χ2v) is 3.90. The topological polar surface area (TPSA) is 63.6 Å². The largest absolute Gasteiger partial charge is 0.481 e. The number of carboxylic acids is 1. The maximum Gasteiger partial charge on any atom is 0.312 e. The molecule has 1 fully saturated rings. The lowest BCUT2D eigenvalue weighted by Crippen LogP contribution is -2.36. The summed E-state index contributed by atoms with van der Waals surface area (Å²) >= 11 is 0. The molecule has 0 aromatic rings. The van der Waals surface area contributed by atoms with Crippen LogP contribution < -0.4 is 0 Å². The summed E-state index contributed by atoms with van der Waals surface area (Å²) in [6.07, 6.45) is 4.11. The Morgan fingerprint density at radius 3 is 2.20 bits per heavy atom. The number of esters is 1. The van der Waals surface area contributed by atoms with Crippen molar-refractivity contribution in [2.24, 2.45) is 5.41 Å². The zero-order valence-electron chi connectivity index (χ0n) is 8.82. The molecular formula is C10H17ClO4. The molecule has 1 N–H and O–H groups in total. The zero-order chi connectivity index (χ0) is 10.6. The van der Waals surface area contributed by atoms with Crippen molar-refractivity contribution in [3.8, 4) is 0 Å².